The Morgan fingerprint density at radius 1 is 1.18 bits per heavy atom. The van der Waals surface area contributed by atoms with E-state index >= 15 is 0 Å². The molecule has 16 heteroatoms. The number of alkyl halides is 6. The molecule has 3 atom stereocenters. The quantitative estimate of drug-likeness (QED) is 0.509. The topological polar surface area (TPSA) is 105 Å². The minimum atomic E-state index is -5.22. The molecule has 1 saturated heterocycles. The van der Waals surface area contributed by atoms with Crippen molar-refractivity contribution in [1.29, 1.82) is 0 Å². The molecule has 0 bridgehead atoms. The van der Waals surface area contributed by atoms with Gasteiger partial charge in [0.15, 0.2) is 17.3 Å². The molecule has 3 N–H and O–H groups in total. The lowest BCUT2D eigenvalue weighted by Gasteiger charge is -2.22. The van der Waals surface area contributed by atoms with Crippen LogP contribution in [0.2, 0.25) is 0 Å². The molecule has 1 fully saturated rings. The number of aromatic nitrogens is 2. The number of nitrogens with one attached hydrogen (secondary N) is 3. The lowest BCUT2D eigenvalue weighted by Crippen LogP contribution is -2.44. The highest BCUT2D eigenvalue weighted by Crippen LogP contribution is 2.32. The second-order valence-corrected chi connectivity index (χ2v) is 6.77. The first-order chi connectivity index (χ1) is 15.9. The third-order valence-electron chi connectivity index (χ3n) is 4.39. The number of pyridine rings is 2. The van der Waals surface area contributed by atoms with E-state index in [1.807, 2.05) is 0 Å². The van der Waals surface area contributed by atoms with Gasteiger partial charge in [-0.2, -0.15) is 17.6 Å². The van der Waals surface area contributed by atoms with Crippen LogP contribution in [0.1, 0.15) is 23.0 Å². The molecule has 0 saturated carbocycles. The van der Waals surface area contributed by atoms with E-state index in [2.05, 4.69) is 30.7 Å². The number of ether oxygens (including phenoxy) is 1. The van der Waals surface area contributed by atoms with Gasteiger partial charge in [0.1, 0.15) is 6.04 Å². The number of hydrogen-bond acceptors (Lipinski definition) is 5. The minimum absolute atomic E-state index is 0.188. The molecular weight excluding hydrogens is 486 g/mol. The second-order valence-electron chi connectivity index (χ2n) is 6.77. The first-order valence-electron chi connectivity index (χ1n) is 9.19. The molecule has 3 rings (SSSR count). The van der Waals surface area contributed by atoms with Crippen LogP contribution in [0.4, 0.5) is 39.9 Å². The van der Waals surface area contributed by atoms with Gasteiger partial charge in [0.25, 0.3) is 12.2 Å². The van der Waals surface area contributed by atoms with Crippen LogP contribution in [0.5, 0.6) is 5.88 Å². The third-order valence-corrected chi connectivity index (χ3v) is 4.39. The zero-order valence-corrected chi connectivity index (χ0v) is 16.5. The van der Waals surface area contributed by atoms with Gasteiger partial charge in [-0.25, -0.2) is 32.3 Å². The molecule has 0 aromatic carbocycles. The molecule has 1 aliphatic rings. The summed E-state index contributed by atoms with van der Waals surface area (Å²) in [5.74, 6) is -5.33. The zero-order chi connectivity index (χ0) is 25.2. The number of amides is 3. The Morgan fingerprint density at radius 2 is 1.88 bits per heavy atom. The number of halogens is 8. The van der Waals surface area contributed by atoms with Crippen LogP contribution in [0.25, 0.3) is 0 Å². The van der Waals surface area contributed by atoms with E-state index in [1.165, 1.54) is 0 Å². The molecule has 3 amide bonds. The summed E-state index contributed by atoms with van der Waals surface area (Å²) in [5.41, 5.74) is -2.91. The van der Waals surface area contributed by atoms with Crippen LogP contribution in [0.15, 0.2) is 24.4 Å². The first kappa shape index (κ1) is 24.9. The number of urea groups is 1. The fourth-order valence-corrected chi connectivity index (χ4v) is 2.84. The van der Waals surface area contributed by atoms with E-state index < -0.39 is 71.9 Å². The highest BCUT2D eigenvalue weighted by Gasteiger charge is 2.38. The van der Waals surface area contributed by atoms with Gasteiger partial charge in [0.2, 0.25) is 5.91 Å². The van der Waals surface area contributed by atoms with E-state index in [0.29, 0.717) is 18.3 Å². The fraction of sp³-hybridized carbons (Fsp3) is 0.333. The van der Waals surface area contributed by atoms with Crippen LogP contribution < -0.4 is 20.7 Å². The van der Waals surface area contributed by atoms with Crippen molar-refractivity contribution in [2.75, 3.05) is 6.54 Å². The monoisotopic (exact) mass is 499 g/mol. The molecule has 184 valence electrons. The molecule has 0 aliphatic carbocycles. The zero-order valence-electron chi connectivity index (χ0n) is 16.5. The third kappa shape index (κ3) is 5.60. The summed E-state index contributed by atoms with van der Waals surface area (Å²) in [7, 11) is 0. The molecule has 0 spiro atoms. The van der Waals surface area contributed by atoms with E-state index in [9.17, 15) is 44.7 Å². The van der Waals surface area contributed by atoms with Gasteiger partial charge in [-0.1, -0.05) is 0 Å². The number of rotatable bonds is 7. The molecule has 8 nitrogen and oxygen atoms in total. The van der Waals surface area contributed by atoms with Crippen molar-refractivity contribution in [3.63, 3.8) is 0 Å². The molecule has 0 radical (unpaired) electrons. The molecule has 34 heavy (non-hydrogen) atoms. The van der Waals surface area contributed by atoms with Gasteiger partial charge in [0, 0.05) is 18.3 Å². The van der Waals surface area contributed by atoms with Crippen molar-refractivity contribution in [2.24, 2.45) is 0 Å². The fourth-order valence-electron chi connectivity index (χ4n) is 2.84. The molecular formula is C18H13F8N5O3. The van der Waals surface area contributed by atoms with Crippen molar-refractivity contribution in [2.45, 2.75) is 31.0 Å². The van der Waals surface area contributed by atoms with Gasteiger partial charge < -0.3 is 20.7 Å². The summed E-state index contributed by atoms with van der Waals surface area (Å²) in [6, 6.07) is -1.84. The molecule has 3 heterocycles. The standard InChI is InChI=1S/C18H13F8N5O3/c19-7-1-2-9(29-12(7)18(24,25)26)11(31-15(32)10-5-28-17(33)30-10)6-3-8(20)16(27-4-6)34-14(23)13(21)22/h1-4,10-11,13-14H,5H2,(H,31,32)(H2,28,30,33)/t10?,11-,14?/m0/s1. The average Bonchev–Trinajstić information content (AvgIpc) is 3.19. The Morgan fingerprint density at radius 3 is 2.44 bits per heavy atom. The van der Waals surface area contributed by atoms with E-state index in [0.717, 1.165) is 6.07 Å². The number of nitrogens with zero attached hydrogens (tertiary/aromatic N) is 2. The van der Waals surface area contributed by atoms with Crippen molar-refractivity contribution in [3.05, 3.63) is 53.0 Å². The van der Waals surface area contributed by atoms with Gasteiger partial charge in [-0.05, 0) is 18.2 Å². The van der Waals surface area contributed by atoms with Gasteiger partial charge in [-0.15, -0.1) is 0 Å². The predicted molar refractivity (Wildman–Crippen MR) is 95.2 cm³/mol. The van der Waals surface area contributed by atoms with Crippen molar-refractivity contribution >= 4 is 11.9 Å². The number of hydrogen-bond donors (Lipinski definition) is 3. The molecule has 1 aliphatic heterocycles. The molecule has 2 aromatic rings. The number of carbonyl (C=O) groups excluding carboxylic acids is 2. The van der Waals surface area contributed by atoms with Gasteiger partial charge >= 0.3 is 18.6 Å². The lowest BCUT2D eigenvalue weighted by molar-refractivity contribution is -0.143. The summed E-state index contributed by atoms with van der Waals surface area (Å²) in [4.78, 5) is 30.3. The van der Waals surface area contributed by atoms with Crippen molar-refractivity contribution < 1.29 is 49.4 Å². The van der Waals surface area contributed by atoms with E-state index in [-0.39, 0.29) is 12.1 Å². The Kier molecular flexibility index (Phi) is 7.07. The summed E-state index contributed by atoms with van der Waals surface area (Å²) in [5, 5.41) is 6.72. The largest absolute Gasteiger partial charge is 0.436 e. The van der Waals surface area contributed by atoms with Crippen molar-refractivity contribution in [1.82, 2.24) is 25.9 Å². The maximum absolute atomic E-state index is 14.3. The Labute approximate surface area is 184 Å². The SMILES string of the molecule is O=C1NCC(C(=O)N[C@@H](c2cnc(OC(F)C(F)F)c(F)c2)c2ccc(F)c(C(F)(F)F)n2)N1. The van der Waals surface area contributed by atoms with Crippen LogP contribution >= 0.6 is 0 Å². The van der Waals surface area contributed by atoms with Gasteiger partial charge in [0.05, 0.1) is 11.7 Å². The maximum atomic E-state index is 14.3. The summed E-state index contributed by atoms with van der Waals surface area (Å²) >= 11 is 0. The van der Waals surface area contributed by atoms with Gasteiger partial charge in [-0.3, -0.25) is 4.79 Å². The smallest absolute Gasteiger partial charge is 0.435 e. The van der Waals surface area contributed by atoms with Crippen LogP contribution in [0, 0.1) is 11.6 Å². The van der Waals surface area contributed by atoms with Crippen molar-refractivity contribution in [3.8, 4) is 5.88 Å². The Hall–Kier alpha value is -3.72. The predicted octanol–water partition coefficient (Wildman–Crippen LogP) is 2.60. The second kappa shape index (κ2) is 9.64. The molecule has 2 unspecified atom stereocenters. The Balaban J connectivity index is 1.99. The van der Waals surface area contributed by atoms with Crippen LogP contribution in [-0.2, 0) is 11.0 Å². The summed E-state index contributed by atoms with van der Waals surface area (Å²) in [6.45, 7) is -0.188. The summed E-state index contributed by atoms with van der Waals surface area (Å²) < 4.78 is 109. The number of carbonyl (C=O) groups is 2. The maximum Gasteiger partial charge on any atom is 0.436 e. The minimum Gasteiger partial charge on any atom is -0.435 e. The highest BCUT2D eigenvalue weighted by atomic mass is 19.4. The van der Waals surface area contributed by atoms with E-state index in [1.54, 1.807) is 0 Å². The lowest BCUT2D eigenvalue weighted by atomic mass is 10.0. The molecule has 2 aromatic heterocycles. The highest BCUT2D eigenvalue weighted by molar-refractivity contribution is 5.90. The van der Waals surface area contributed by atoms with E-state index in [4.69, 9.17) is 0 Å². The first-order valence-corrected chi connectivity index (χ1v) is 9.19. The Bertz CT molecular complexity index is 1080. The average molecular weight is 499 g/mol. The van der Waals surface area contributed by atoms with Crippen LogP contribution in [-0.4, -0.2) is 47.3 Å². The normalized spacial score (nSPS) is 17.7. The van der Waals surface area contributed by atoms with Crippen LogP contribution in [0.3, 0.4) is 0 Å². The summed E-state index contributed by atoms with van der Waals surface area (Å²) in [6.07, 6.45) is -11.3.